The summed E-state index contributed by atoms with van der Waals surface area (Å²) in [4.78, 5) is 19.3. The molecule has 1 atom stereocenters. The van der Waals surface area contributed by atoms with Crippen LogP contribution in [0.1, 0.15) is 40.5 Å². The number of carbonyl (C=O) groups is 1. The normalized spacial score (nSPS) is 19.6. The Kier molecular flexibility index (Phi) is 7.57. The molecule has 1 amide bonds. The second kappa shape index (κ2) is 10.8. The molecule has 1 aromatic heterocycles. The van der Waals surface area contributed by atoms with Crippen molar-refractivity contribution >= 4 is 27.3 Å². The lowest BCUT2D eigenvalue weighted by atomic mass is 9.90. The summed E-state index contributed by atoms with van der Waals surface area (Å²) in [7, 11) is -3.54. The van der Waals surface area contributed by atoms with Crippen molar-refractivity contribution in [3.05, 3.63) is 87.6 Å². The van der Waals surface area contributed by atoms with Crippen LogP contribution in [-0.4, -0.2) is 67.7 Å². The highest BCUT2D eigenvalue weighted by Crippen LogP contribution is 2.38. The molecule has 5 rings (SSSR count). The van der Waals surface area contributed by atoms with E-state index in [1.165, 1.54) is 25.9 Å². The molecule has 1 saturated heterocycles. The zero-order valence-corrected chi connectivity index (χ0v) is 22.3. The Balaban J connectivity index is 1.24. The molecule has 3 aromatic rings. The number of amides is 1. The van der Waals surface area contributed by atoms with Crippen LogP contribution >= 0.6 is 11.3 Å². The number of aryl methyl sites for hydroxylation is 1. The van der Waals surface area contributed by atoms with Crippen LogP contribution in [0.2, 0.25) is 0 Å². The SMILES string of the molecule is Cc1ccccc1C1c2ccsc2CCN1CCC(=O)N1CCCN(S(=O)(=O)c2ccccc2)CC1. The summed E-state index contributed by atoms with van der Waals surface area (Å²) in [5, 5.41) is 2.18. The molecule has 1 fully saturated rings. The van der Waals surface area contributed by atoms with E-state index in [4.69, 9.17) is 0 Å². The van der Waals surface area contributed by atoms with Crippen molar-refractivity contribution in [2.75, 3.05) is 39.3 Å². The van der Waals surface area contributed by atoms with Crippen LogP contribution in [0.15, 0.2) is 70.9 Å². The fraction of sp³-hybridized carbons (Fsp3) is 0.393. The molecule has 190 valence electrons. The van der Waals surface area contributed by atoms with Gasteiger partial charge in [-0.05, 0) is 60.0 Å². The van der Waals surface area contributed by atoms with Gasteiger partial charge in [0, 0.05) is 50.6 Å². The van der Waals surface area contributed by atoms with Crippen molar-refractivity contribution in [2.24, 2.45) is 0 Å². The number of rotatable bonds is 6. The van der Waals surface area contributed by atoms with Gasteiger partial charge in [0.1, 0.15) is 0 Å². The number of hydrogen-bond acceptors (Lipinski definition) is 5. The molecular formula is C28H33N3O3S2. The lowest BCUT2D eigenvalue weighted by molar-refractivity contribution is -0.131. The standard InChI is InChI=1S/C28H33N3O3S2/c1-22-8-5-6-11-24(22)28-25-14-21-35-26(25)12-17-30(28)18-13-27(32)29-15-7-16-31(20-19-29)36(33,34)23-9-3-2-4-10-23/h2-6,8-11,14,21,28H,7,12-13,15-20H2,1H3. The van der Waals surface area contributed by atoms with Crippen molar-refractivity contribution in [3.63, 3.8) is 0 Å². The molecule has 36 heavy (non-hydrogen) atoms. The fourth-order valence-electron chi connectivity index (χ4n) is 5.39. The Morgan fingerprint density at radius 3 is 2.50 bits per heavy atom. The highest BCUT2D eigenvalue weighted by Gasteiger charge is 2.32. The summed E-state index contributed by atoms with van der Waals surface area (Å²) < 4.78 is 27.6. The van der Waals surface area contributed by atoms with Gasteiger partial charge in [0.2, 0.25) is 15.9 Å². The molecule has 0 radical (unpaired) electrons. The van der Waals surface area contributed by atoms with Gasteiger partial charge in [-0.15, -0.1) is 11.3 Å². The predicted molar refractivity (Wildman–Crippen MR) is 144 cm³/mol. The third-order valence-corrected chi connectivity index (χ3v) is 10.3. The van der Waals surface area contributed by atoms with E-state index in [0.717, 1.165) is 13.0 Å². The van der Waals surface area contributed by atoms with Gasteiger partial charge < -0.3 is 4.90 Å². The Morgan fingerprint density at radius 2 is 1.69 bits per heavy atom. The second-order valence-electron chi connectivity index (χ2n) is 9.55. The zero-order chi connectivity index (χ0) is 25.1. The van der Waals surface area contributed by atoms with Crippen molar-refractivity contribution in [1.82, 2.24) is 14.1 Å². The maximum Gasteiger partial charge on any atom is 0.243 e. The largest absolute Gasteiger partial charge is 0.341 e. The van der Waals surface area contributed by atoms with Gasteiger partial charge in [0.25, 0.3) is 0 Å². The van der Waals surface area contributed by atoms with Gasteiger partial charge in [-0.3, -0.25) is 9.69 Å². The molecule has 0 saturated carbocycles. The first-order chi connectivity index (χ1) is 17.4. The van der Waals surface area contributed by atoms with Gasteiger partial charge in [0.15, 0.2) is 0 Å². The molecule has 0 spiro atoms. The van der Waals surface area contributed by atoms with E-state index in [2.05, 4.69) is 47.5 Å². The molecule has 0 bridgehead atoms. The van der Waals surface area contributed by atoms with E-state index in [1.807, 2.05) is 22.3 Å². The third kappa shape index (κ3) is 5.13. The van der Waals surface area contributed by atoms with Crippen molar-refractivity contribution < 1.29 is 13.2 Å². The molecular weight excluding hydrogens is 490 g/mol. The fourth-order valence-corrected chi connectivity index (χ4v) is 7.78. The average molecular weight is 524 g/mol. The number of fused-ring (bicyclic) bond motifs is 1. The van der Waals surface area contributed by atoms with E-state index < -0.39 is 10.0 Å². The number of nitrogens with zero attached hydrogens (tertiary/aromatic N) is 3. The van der Waals surface area contributed by atoms with Gasteiger partial charge >= 0.3 is 0 Å². The molecule has 8 heteroatoms. The number of benzene rings is 2. The van der Waals surface area contributed by atoms with Gasteiger partial charge in [0.05, 0.1) is 10.9 Å². The van der Waals surface area contributed by atoms with Gasteiger partial charge in [-0.1, -0.05) is 42.5 Å². The van der Waals surface area contributed by atoms with Gasteiger partial charge in [-0.25, -0.2) is 8.42 Å². The summed E-state index contributed by atoms with van der Waals surface area (Å²) in [6, 6.07) is 19.5. The van der Waals surface area contributed by atoms with E-state index in [-0.39, 0.29) is 11.9 Å². The van der Waals surface area contributed by atoms with Crippen LogP contribution in [-0.2, 0) is 21.2 Å². The molecule has 3 heterocycles. The summed E-state index contributed by atoms with van der Waals surface area (Å²) >= 11 is 1.83. The monoisotopic (exact) mass is 523 g/mol. The molecule has 2 aliphatic rings. The van der Waals surface area contributed by atoms with Crippen LogP contribution in [0.25, 0.3) is 0 Å². The minimum absolute atomic E-state index is 0.105. The minimum atomic E-state index is -3.54. The first kappa shape index (κ1) is 25.1. The van der Waals surface area contributed by atoms with E-state index in [0.29, 0.717) is 50.5 Å². The molecule has 1 unspecified atom stereocenters. The molecule has 2 aliphatic heterocycles. The smallest absolute Gasteiger partial charge is 0.243 e. The quantitative estimate of drug-likeness (QED) is 0.483. The molecule has 0 aliphatic carbocycles. The first-order valence-corrected chi connectivity index (χ1v) is 15.0. The maximum absolute atomic E-state index is 13.3. The lowest BCUT2D eigenvalue weighted by Gasteiger charge is -2.37. The van der Waals surface area contributed by atoms with E-state index >= 15 is 0 Å². The Bertz CT molecular complexity index is 1310. The highest BCUT2D eigenvalue weighted by atomic mass is 32.2. The highest BCUT2D eigenvalue weighted by molar-refractivity contribution is 7.89. The van der Waals surface area contributed by atoms with Crippen LogP contribution in [0.3, 0.4) is 0 Å². The Morgan fingerprint density at radius 1 is 0.917 bits per heavy atom. The summed E-state index contributed by atoms with van der Waals surface area (Å²) in [6.07, 6.45) is 2.10. The summed E-state index contributed by atoms with van der Waals surface area (Å²) in [6.45, 7) is 5.57. The van der Waals surface area contributed by atoms with Crippen molar-refractivity contribution in [1.29, 1.82) is 0 Å². The van der Waals surface area contributed by atoms with Crippen LogP contribution < -0.4 is 0 Å². The number of hydrogen-bond donors (Lipinski definition) is 0. The molecule has 0 N–H and O–H groups in total. The topological polar surface area (TPSA) is 60.9 Å². The molecule has 6 nitrogen and oxygen atoms in total. The average Bonchev–Trinajstić information content (AvgIpc) is 3.23. The first-order valence-electron chi connectivity index (χ1n) is 12.6. The lowest BCUT2D eigenvalue weighted by Crippen LogP contribution is -2.41. The van der Waals surface area contributed by atoms with Crippen LogP contribution in [0.4, 0.5) is 0 Å². The second-order valence-corrected chi connectivity index (χ2v) is 12.5. The van der Waals surface area contributed by atoms with Crippen molar-refractivity contribution in [3.8, 4) is 0 Å². The number of sulfonamides is 1. The Hall–Kier alpha value is -2.52. The Labute approximate surface area is 218 Å². The number of thiophene rings is 1. The third-order valence-electron chi connectivity index (χ3n) is 7.35. The minimum Gasteiger partial charge on any atom is -0.341 e. The maximum atomic E-state index is 13.3. The van der Waals surface area contributed by atoms with Crippen molar-refractivity contribution in [2.45, 2.75) is 37.1 Å². The predicted octanol–water partition coefficient (Wildman–Crippen LogP) is 4.32. The van der Waals surface area contributed by atoms with E-state index in [1.54, 1.807) is 24.3 Å². The zero-order valence-electron chi connectivity index (χ0n) is 20.7. The number of carbonyl (C=O) groups excluding carboxylic acids is 1. The van der Waals surface area contributed by atoms with E-state index in [9.17, 15) is 13.2 Å². The molecule has 2 aromatic carbocycles. The van der Waals surface area contributed by atoms with Crippen LogP contribution in [0, 0.1) is 6.92 Å². The summed E-state index contributed by atoms with van der Waals surface area (Å²) in [5.41, 5.74) is 3.94. The van der Waals surface area contributed by atoms with Crippen LogP contribution in [0.5, 0.6) is 0 Å². The summed E-state index contributed by atoms with van der Waals surface area (Å²) in [5.74, 6) is 0.105. The van der Waals surface area contributed by atoms with Gasteiger partial charge in [-0.2, -0.15) is 4.31 Å².